The number of carbonyl (C=O) groups is 1. The van der Waals surface area contributed by atoms with Crippen molar-refractivity contribution in [2.45, 2.75) is 33.2 Å². The number of hydrogen-bond acceptors (Lipinski definition) is 2. The van der Waals surface area contributed by atoms with Crippen LogP contribution in [-0.4, -0.2) is 48.4 Å². The highest BCUT2D eigenvalue weighted by Gasteiger charge is 2.28. The van der Waals surface area contributed by atoms with E-state index in [1.54, 1.807) is 0 Å². The smallest absolute Gasteiger partial charge is 0.225 e. The first-order chi connectivity index (χ1) is 6.56. The molecular weight excluding hydrogens is 176 g/mol. The second kappa shape index (κ2) is 4.78. The Morgan fingerprint density at radius 2 is 2.07 bits per heavy atom. The molecule has 0 aromatic carbocycles. The van der Waals surface area contributed by atoms with Gasteiger partial charge in [-0.15, -0.1) is 0 Å². The van der Waals surface area contributed by atoms with Crippen molar-refractivity contribution in [2.75, 3.05) is 26.7 Å². The Morgan fingerprint density at radius 3 is 2.57 bits per heavy atom. The first kappa shape index (κ1) is 11.5. The van der Waals surface area contributed by atoms with Crippen LogP contribution in [0.4, 0.5) is 0 Å². The number of nitrogens with zero attached hydrogens (tertiary/aromatic N) is 2. The fraction of sp³-hybridized carbons (Fsp3) is 0.909. The molecule has 0 aliphatic carbocycles. The lowest BCUT2D eigenvalue weighted by Crippen LogP contribution is -2.54. The third-order valence-electron chi connectivity index (χ3n) is 2.93. The Morgan fingerprint density at radius 1 is 1.43 bits per heavy atom. The molecule has 82 valence electrons. The highest BCUT2D eigenvalue weighted by atomic mass is 16.2. The van der Waals surface area contributed by atoms with Gasteiger partial charge in [0.1, 0.15) is 0 Å². The minimum absolute atomic E-state index is 0.132. The molecule has 1 rings (SSSR count). The maximum atomic E-state index is 11.9. The van der Waals surface area contributed by atoms with Gasteiger partial charge in [-0.1, -0.05) is 20.8 Å². The number of likely N-dealkylation sites (N-methyl/N-ethyl adjacent to an activating group) is 1. The summed E-state index contributed by atoms with van der Waals surface area (Å²) in [6.45, 7) is 9.04. The largest absolute Gasteiger partial charge is 0.337 e. The number of piperazine rings is 1. The molecule has 1 unspecified atom stereocenters. The van der Waals surface area contributed by atoms with Crippen LogP contribution in [-0.2, 0) is 4.79 Å². The van der Waals surface area contributed by atoms with E-state index in [1.807, 2.05) is 13.8 Å². The van der Waals surface area contributed by atoms with E-state index < -0.39 is 0 Å². The summed E-state index contributed by atoms with van der Waals surface area (Å²) >= 11 is 0. The average molecular weight is 198 g/mol. The maximum absolute atomic E-state index is 11.9. The van der Waals surface area contributed by atoms with E-state index in [1.165, 1.54) is 0 Å². The fourth-order valence-corrected chi connectivity index (χ4v) is 1.98. The second-order valence-electron chi connectivity index (χ2n) is 4.51. The Labute approximate surface area is 87.1 Å². The van der Waals surface area contributed by atoms with Crippen LogP contribution in [0.25, 0.3) is 0 Å². The van der Waals surface area contributed by atoms with E-state index in [9.17, 15) is 4.79 Å². The van der Waals surface area contributed by atoms with Crippen molar-refractivity contribution in [3.8, 4) is 0 Å². The lowest BCUT2D eigenvalue weighted by Gasteiger charge is -2.40. The number of amides is 1. The van der Waals surface area contributed by atoms with Crippen molar-refractivity contribution < 1.29 is 4.79 Å². The first-order valence-corrected chi connectivity index (χ1v) is 5.55. The van der Waals surface area contributed by atoms with E-state index >= 15 is 0 Å². The van der Waals surface area contributed by atoms with Gasteiger partial charge in [0.25, 0.3) is 0 Å². The zero-order valence-corrected chi connectivity index (χ0v) is 9.79. The molecule has 1 fully saturated rings. The molecule has 0 bridgehead atoms. The van der Waals surface area contributed by atoms with Crippen LogP contribution in [0.15, 0.2) is 0 Å². The number of hydrogen-bond donors (Lipinski definition) is 0. The van der Waals surface area contributed by atoms with Gasteiger partial charge < -0.3 is 9.80 Å². The van der Waals surface area contributed by atoms with Gasteiger partial charge in [-0.3, -0.25) is 4.79 Å². The molecule has 0 spiro atoms. The summed E-state index contributed by atoms with van der Waals surface area (Å²) in [5.41, 5.74) is 0. The molecule has 3 nitrogen and oxygen atoms in total. The van der Waals surface area contributed by atoms with Crippen LogP contribution in [0, 0.1) is 5.92 Å². The highest BCUT2D eigenvalue weighted by molar-refractivity contribution is 5.78. The van der Waals surface area contributed by atoms with Crippen LogP contribution < -0.4 is 0 Å². The van der Waals surface area contributed by atoms with Crippen LogP contribution in [0.2, 0.25) is 0 Å². The van der Waals surface area contributed by atoms with Crippen molar-refractivity contribution in [1.82, 2.24) is 9.80 Å². The lowest BCUT2D eigenvalue weighted by atomic mass is 10.1. The van der Waals surface area contributed by atoms with E-state index in [2.05, 4.69) is 23.8 Å². The molecule has 0 radical (unpaired) electrons. The van der Waals surface area contributed by atoms with E-state index in [0.717, 1.165) is 26.1 Å². The van der Waals surface area contributed by atoms with Crippen molar-refractivity contribution in [1.29, 1.82) is 0 Å². The van der Waals surface area contributed by atoms with Gasteiger partial charge in [0, 0.05) is 31.6 Å². The standard InChI is InChI=1S/C11H22N2O/c1-5-10-8-12(4)6-7-13(10)11(14)9(2)3/h9-10H,5-8H2,1-4H3. The normalized spacial score (nSPS) is 24.4. The zero-order chi connectivity index (χ0) is 10.7. The maximum Gasteiger partial charge on any atom is 0.225 e. The summed E-state index contributed by atoms with van der Waals surface area (Å²) in [6.07, 6.45) is 1.06. The lowest BCUT2D eigenvalue weighted by molar-refractivity contribution is -0.139. The van der Waals surface area contributed by atoms with Crippen molar-refractivity contribution in [3.63, 3.8) is 0 Å². The molecule has 3 heteroatoms. The van der Waals surface area contributed by atoms with Gasteiger partial charge in [-0.2, -0.15) is 0 Å². The van der Waals surface area contributed by atoms with E-state index in [0.29, 0.717) is 11.9 Å². The van der Waals surface area contributed by atoms with Gasteiger partial charge in [0.05, 0.1) is 0 Å². The summed E-state index contributed by atoms with van der Waals surface area (Å²) in [5.74, 6) is 0.442. The third kappa shape index (κ3) is 2.47. The van der Waals surface area contributed by atoms with Gasteiger partial charge >= 0.3 is 0 Å². The minimum atomic E-state index is 0.132. The minimum Gasteiger partial charge on any atom is -0.337 e. The summed E-state index contributed by atoms with van der Waals surface area (Å²) in [6, 6.07) is 0.420. The SMILES string of the molecule is CCC1CN(C)CCN1C(=O)C(C)C. The zero-order valence-electron chi connectivity index (χ0n) is 9.79. The predicted octanol–water partition coefficient (Wildman–Crippen LogP) is 1.19. The highest BCUT2D eigenvalue weighted by Crippen LogP contribution is 2.14. The van der Waals surface area contributed by atoms with Crippen LogP contribution >= 0.6 is 0 Å². The first-order valence-electron chi connectivity index (χ1n) is 5.55. The monoisotopic (exact) mass is 198 g/mol. The average Bonchev–Trinajstić information content (AvgIpc) is 2.16. The molecule has 1 saturated heterocycles. The second-order valence-corrected chi connectivity index (χ2v) is 4.51. The molecule has 14 heavy (non-hydrogen) atoms. The van der Waals surface area contributed by atoms with Crippen LogP contribution in [0.3, 0.4) is 0 Å². The summed E-state index contributed by atoms with van der Waals surface area (Å²) in [5, 5.41) is 0. The molecule has 0 saturated carbocycles. The molecule has 0 aromatic heterocycles. The number of rotatable bonds is 2. The summed E-state index contributed by atoms with van der Waals surface area (Å²) in [7, 11) is 2.12. The van der Waals surface area contributed by atoms with Crippen molar-refractivity contribution in [3.05, 3.63) is 0 Å². The summed E-state index contributed by atoms with van der Waals surface area (Å²) < 4.78 is 0. The Hall–Kier alpha value is -0.570. The third-order valence-corrected chi connectivity index (χ3v) is 2.93. The van der Waals surface area contributed by atoms with Crippen LogP contribution in [0.5, 0.6) is 0 Å². The molecule has 1 heterocycles. The van der Waals surface area contributed by atoms with Crippen LogP contribution in [0.1, 0.15) is 27.2 Å². The molecule has 0 aromatic rings. The van der Waals surface area contributed by atoms with E-state index in [4.69, 9.17) is 0 Å². The van der Waals surface area contributed by atoms with Crippen molar-refractivity contribution in [2.24, 2.45) is 5.92 Å². The summed E-state index contributed by atoms with van der Waals surface area (Å²) in [4.78, 5) is 16.2. The molecule has 1 aliphatic heterocycles. The molecule has 0 N–H and O–H groups in total. The quantitative estimate of drug-likeness (QED) is 0.665. The Balaban J connectivity index is 2.63. The molecule has 1 aliphatic rings. The van der Waals surface area contributed by atoms with Gasteiger partial charge in [-0.25, -0.2) is 0 Å². The van der Waals surface area contributed by atoms with Crippen molar-refractivity contribution >= 4 is 5.91 Å². The van der Waals surface area contributed by atoms with Gasteiger partial charge in [0.2, 0.25) is 5.91 Å². The Bertz CT molecular complexity index is 203. The van der Waals surface area contributed by atoms with Gasteiger partial charge in [-0.05, 0) is 13.5 Å². The molecule has 1 amide bonds. The molecular formula is C11H22N2O. The number of carbonyl (C=O) groups excluding carboxylic acids is 1. The fourth-order valence-electron chi connectivity index (χ4n) is 1.98. The Kier molecular flexibility index (Phi) is 3.93. The molecule has 1 atom stereocenters. The van der Waals surface area contributed by atoms with Gasteiger partial charge in [0.15, 0.2) is 0 Å². The van der Waals surface area contributed by atoms with E-state index in [-0.39, 0.29) is 5.92 Å². The topological polar surface area (TPSA) is 23.6 Å². The predicted molar refractivity (Wildman–Crippen MR) is 58.1 cm³/mol.